The highest BCUT2D eigenvalue weighted by Gasteiger charge is 2.45. The maximum Gasteiger partial charge on any atom is 0.281 e. The van der Waals surface area contributed by atoms with Gasteiger partial charge < -0.3 is 14.5 Å². The smallest absolute Gasteiger partial charge is 0.281 e. The number of halogens is 1. The molecule has 6 rings (SSSR count). The second kappa shape index (κ2) is 9.24. The van der Waals surface area contributed by atoms with Crippen LogP contribution in [-0.4, -0.2) is 4.92 Å². The molecule has 0 amide bonds. The molecule has 0 aliphatic carbocycles. The van der Waals surface area contributed by atoms with Crippen LogP contribution >= 0.6 is 11.6 Å². The minimum atomic E-state index is -0.922. The molecule has 1 aliphatic rings. The monoisotopic (exact) mass is 508 g/mol. The Bertz CT molecular complexity index is 1540. The van der Waals surface area contributed by atoms with Crippen molar-refractivity contribution in [3.63, 3.8) is 0 Å². The van der Waals surface area contributed by atoms with E-state index < -0.39 is 16.8 Å². The lowest BCUT2D eigenvalue weighted by Crippen LogP contribution is -2.40. The Balaban J connectivity index is 1.50. The molecule has 1 N–H and O–H groups in total. The Kier molecular flexibility index (Phi) is 5.75. The number of hydrogen-bond donors (Lipinski definition) is 1. The van der Waals surface area contributed by atoms with Crippen LogP contribution in [0.5, 0.6) is 0 Å². The highest BCUT2D eigenvalue weighted by Crippen LogP contribution is 2.50. The van der Waals surface area contributed by atoms with Crippen molar-refractivity contribution in [2.45, 2.75) is 11.8 Å². The first-order valence-electron chi connectivity index (χ1n) is 11.8. The van der Waals surface area contributed by atoms with Crippen LogP contribution in [0.2, 0.25) is 5.02 Å². The molecule has 5 aromatic rings. The van der Waals surface area contributed by atoms with Gasteiger partial charge in [0, 0.05) is 22.3 Å². The second-order valence-electron chi connectivity index (χ2n) is 8.72. The third-order valence-corrected chi connectivity index (χ3v) is 6.79. The first kappa shape index (κ1) is 23.0. The van der Waals surface area contributed by atoms with Gasteiger partial charge in [0.05, 0.1) is 10.5 Å². The van der Waals surface area contributed by atoms with E-state index in [9.17, 15) is 10.1 Å². The zero-order valence-corrected chi connectivity index (χ0v) is 20.3. The Morgan fingerprint density at radius 1 is 0.811 bits per heavy atom. The number of hydrogen-bond acceptors (Lipinski definition) is 5. The molecular formula is C30H21ClN2O4. The number of para-hydroxylation sites is 1. The van der Waals surface area contributed by atoms with Crippen molar-refractivity contribution in [2.75, 3.05) is 5.32 Å². The van der Waals surface area contributed by atoms with Crippen molar-refractivity contribution in [3.8, 4) is 11.3 Å². The van der Waals surface area contributed by atoms with Gasteiger partial charge in [0.2, 0.25) is 0 Å². The van der Waals surface area contributed by atoms with Gasteiger partial charge in [0.1, 0.15) is 11.4 Å². The second-order valence-corrected chi connectivity index (χ2v) is 9.16. The number of rotatable bonds is 5. The number of ether oxygens (including phenoxy) is 1. The SMILES string of the molecule is O=[N+]([O-])c1cc(Cl)ccc1-c1ccc(C2Nc3ccccc3C(c3ccccc3)(c3ccccc3)O2)o1. The first-order chi connectivity index (χ1) is 18.1. The van der Waals surface area contributed by atoms with E-state index in [1.807, 2.05) is 54.6 Å². The summed E-state index contributed by atoms with van der Waals surface area (Å²) in [5, 5.41) is 15.4. The van der Waals surface area contributed by atoms with Gasteiger partial charge in [-0.05, 0) is 41.5 Å². The number of fused-ring (bicyclic) bond motifs is 1. The molecule has 182 valence electrons. The summed E-state index contributed by atoms with van der Waals surface area (Å²) in [5.74, 6) is 0.845. The number of nitrogens with one attached hydrogen (secondary N) is 1. The molecule has 1 atom stereocenters. The van der Waals surface area contributed by atoms with E-state index in [1.54, 1.807) is 24.3 Å². The van der Waals surface area contributed by atoms with Gasteiger partial charge in [-0.15, -0.1) is 0 Å². The van der Waals surface area contributed by atoms with Crippen LogP contribution < -0.4 is 5.32 Å². The minimum absolute atomic E-state index is 0.126. The van der Waals surface area contributed by atoms with Crippen LogP contribution in [0.3, 0.4) is 0 Å². The van der Waals surface area contributed by atoms with E-state index in [0.717, 1.165) is 22.4 Å². The lowest BCUT2D eigenvalue weighted by Gasteiger charge is -2.43. The molecule has 0 spiro atoms. The Labute approximate surface area is 218 Å². The summed E-state index contributed by atoms with van der Waals surface area (Å²) in [6.45, 7) is 0. The predicted octanol–water partition coefficient (Wildman–Crippen LogP) is 7.94. The molecule has 1 aliphatic heterocycles. The molecule has 1 aromatic heterocycles. The lowest BCUT2D eigenvalue weighted by atomic mass is 9.78. The van der Waals surface area contributed by atoms with Crippen molar-refractivity contribution in [1.29, 1.82) is 0 Å². The Hall–Kier alpha value is -4.39. The summed E-state index contributed by atoms with van der Waals surface area (Å²) >= 11 is 6.01. The van der Waals surface area contributed by atoms with E-state index in [4.69, 9.17) is 20.8 Å². The quantitative estimate of drug-likeness (QED) is 0.192. The zero-order valence-electron chi connectivity index (χ0n) is 19.5. The van der Waals surface area contributed by atoms with Crippen LogP contribution in [0.1, 0.15) is 28.7 Å². The molecular weight excluding hydrogens is 488 g/mol. The number of nitro groups is 1. The van der Waals surface area contributed by atoms with Gasteiger partial charge >= 0.3 is 0 Å². The summed E-state index contributed by atoms with van der Waals surface area (Å²) in [7, 11) is 0. The van der Waals surface area contributed by atoms with Crippen molar-refractivity contribution in [3.05, 3.63) is 153 Å². The summed E-state index contributed by atoms with van der Waals surface area (Å²) in [6, 6.07) is 36.2. The fraction of sp³-hybridized carbons (Fsp3) is 0.0667. The molecule has 7 heteroatoms. The van der Waals surface area contributed by atoms with Crippen LogP contribution in [0.4, 0.5) is 11.4 Å². The van der Waals surface area contributed by atoms with Gasteiger partial charge in [-0.3, -0.25) is 10.1 Å². The van der Waals surface area contributed by atoms with Crippen LogP contribution in [0.15, 0.2) is 120 Å². The molecule has 0 radical (unpaired) electrons. The summed E-state index contributed by atoms with van der Waals surface area (Å²) < 4.78 is 13.1. The first-order valence-corrected chi connectivity index (χ1v) is 12.1. The van der Waals surface area contributed by atoms with Crippen molar-refractivity contribution >= 4 is 23.0 Å². The van der Waals surface area contributed by atoms with Crippen LogP contribution in [-0.2, 0) is 10.3 Å². The molecule has 0 saturated heterocycles. The molecule has 37 heavy (non-hydrogen) atoms. The Morgan fingerprint density at radius 3 is 2.14 bits per heavy atom. The van der Waals surface area contributed by atoms with E-state index in [-0.39, 0.29) is 10.7 Å². The number of benzene rings is 4. The molecule has 0 saturated carbocycles. The van der Waals surface area contributed by atoms with Crippen molar-refractivity contribution in [2.24, 2.45) is 0 Å². The number of anilines is 1. The average Bonchev–Trinajstić information content (AvgIpc) is 3.43. The van der Waals surface area contributed by atoms with Gasteiger partial charge in [-0.2, -0.15) is 0 Å². The van der Waals surface area contributed by atoms with Crippen molar-refractivity contribution < 1.29 is 14.1 Å². The van der Waals surface area contributed by atoms with Gasteiger partial charge in [-0.25, -0.2) is 0 Å². The number of furan rings is 1. The fourth-order valence-electron chi connectivity index (χ4n) is 4.92. The summed E-state index contributed by atoms with van der Waals surface area (Å²) in [4.78, 5) is 11.2. The van der Waals surface area contributed by atoms with Gasteiger partial charge in [0.15, 0.2) is 12.0 Å². The van der Waals surface area contributed by atoms with E-state index in [0.29, 0.717) is 17.1 Å². The molecule has 6 nitrogen and oxygen atoms in total. The molecule has 0 bridgehead atoms. The van der Waals surface area contributed by atoms with E-state index >= 15 is 0 Å². The highest BCUT2D eigenvalue weighted by atomic mass is 35.5. The number of nitrogens with zero attached hydrogens (tertiary/aromatic N) is 1. The standard InChI is InChI=1S/C30H21ClN2O4/c31-22-15-16-23(26(19-22)33(34)35)27-17-18-28(36-27)29-32-25-14-8-7-13-24(25)30(37-29,20-9-3-1-4-10-20)21-11-5-2-6-12-21/h1-19,29,32H. The van der Waals surface area contributed by atoms with Gasteiger partial charge in [-0.1, -0.05) is 90.5 Å². The maximum absolute atomic E-state index is 11.7. The largest absolute Gasteiger partial charge is 0.456 e. The van der Waals surface area contributed by atoms with E-state index in [1.165, 1.54) is 6.07 Å². The molecule has 2 heterocycles. The summed E-state index contributed by atoms with van der Waals surface area (Å²) in [5.41, 5.74) is 3.12. The third-order valence-electron chi connectivity index (χ3n) is 6.56. The average molecular weight is 509 g/mol. The molecule has 0 fully saturated rings. The topological polar surface area (TPSA) is 77.5 Å². The van der Waals surface area contributed by atoms with Crippen LogP contribution in [0, 0.1) is 10.1 Å². The fourth-order valence-corrected chi connectivity index (χ4v) is 5.08. The lowest BCUT2D eigenvalue weighted by molar-refractivity contribution is -0.384. The third kappa shape index (κ3) is 3.96. The zero-order chi connectivity index (χ0) is 25.4. The van der Waals surface area contributed by atoms with E-state index in [2.05, 4.69) is 35.6 Å². The summed E-state index contributed by atoms with van der Waals surface area (Å²) in [6.07, 6.45) is -0.671. The maximum atomic E-state index is 11.7. The highest BCUT2D eigenvalue weighted by molar-refractivity contribution is 6.30. The molecule has 4 aromatic carbocycles. The minimum Gasteiger partial charge on any atom is -0.456 e. The normalized spacial score (nSPS) is 16.0. The van der Waals surface area contributed by atoms with Crippen LogP contribution in [0.25, 0.3) is 11.3 Å². The molecule has 1 unspecified atom stereocenters. The number of nitro benzene ring substituents is 1. The predicted molar refractivity (Wildman–Crippen MR) is 142 cm³/mol. The van der Waals surface area contributed by atoms with Gasteiger partial charge in [0.25, 0.3) is 5.69 Å². The van der Waals surface area contributed by atoms with Crippen molar-refractivity contribution in [1.82, 2.24) is 0 Å². The Morgan fingerprint density at radius 2 is 1.46 bits per heavy atom.